The Bertz CT molecular complexity index is 1060. The van der Waals surface area contributed by atoms with Crippen LogP contribution in [0, 0.1) is 0 Å². The second-order valence-corrected chi connectivity index (χ2v) is 7.77. The lowest BCUT2D eigenvalue weighted by Crippen LogP contribution is -2.28. The number of sulfonamides is 1. The number of hydrogen-bond acceptors (Lipinski definition) is 4. The number of fused-ring (bicyclic) bond motifs is 1. The van der Waals surface area contributed by atoms with E-state index in [2.05, 4.69) is 9.71 Å². The highest BCUT2D eigenvalue weighted by Gasteiger charge is 2.11. The van der Waals surface area contributed by atoms with Gasteiger partial charge < -0.3 is 9.72 Å². The summed E-state index contributed by atoms with van der Waals surface area (Å²) in [5, 5.41) is 0.868. The first kappa shape index (κ1) is 18.2. The maximum atomic E-state index is 12.2. The summed E-state index contributed by atoms with van der Waals surface area (Å²) in [6, 6.07) is 16.2. The molecule has 1 aromatic heterocycles. The lowest BCUT2D eigenvalue weighted by molar-refractivity contribution is 0.415. The van der Waals surface area contributed by atoms with E-state index in [1.54, 1.807) is 43.5 Å². The summed E-state index contributed by atoms with van der Waals surface area (Å²) in [6.07, 6.45) is 0.311. The van der Waals surface area contributed by atoms with Crippen LogP contribution in [0.4, 0.5) is 0 Å². The highest BCUT2D eigenvalue weighted by atomic mass is 32.2. The molecule has 0 spiro atoms. The van der Waals surface area contributed by atoms with Gasteiger partial charge in [-0.2, -0.15) is 0 Å². The minimum atomic E-state index is -3.45. The molecule has 26 heavy (non-hydrogen) atoms. The van der Waals surface area contributed by atoms with Crippen molar-refractivity contribution in [2.75, 3.05) is 13.7 Å². The minimum Gasteiger partial charge on any atom is -0.497 e. The Hall–Kier alpha value is -2.64. The Morgan fingerprint density at radius 3 is 2.58 bits per heavy atom. The quantitative estimate of drug-likeness (QED) is 0.665. The Kier molecular flexibility index (Phi) is 5.39. The molecule has 0 aliphatic carbocycles. The maximum absolute atomic E-state index is 12.2. The molecule has 3 rings (SSSR count). The van der Waals surface area contributed by atoms with Crippen molar-refractivity contribution in [1.29, 1.82) is 0 Å². The first-order valence-corrected chi connectivity index (χ1v) is 9.83. The van der Waals surface area contributed by atoms with Crippen molar-refractivity contribution in [2.24, 2.45) is 0 Å². The van der Waals surface area contributed by atoms with Crippen LogP contribution >= 0.6 is 0 Å². The molecular weight excluding hydrogens is 352 g/mol. The van der Waals surface area contributed by atoms with Gasteiger partial charge in [-0.15, -0.1) is 0 Å². The molecule has 7 heteroatoms. The Labute approximate surface area is 151 Å². The zero-order chi connectivity index (χ0) is 18.6. The zero-order valence-electron chi connectivity index (χ0n) is 14.4. The largest absolute Gasteiger partial charge is 0.497 e. The molecule has 0 amide bonds. The number of H-pyrrole nitrogens is 1. The predicted molar refractivity (Wildman–Crippen MR) is 102 cm³/mol. The van der Waals surface area contributed by atoms with E-state index in [1.165, 1.54) is 0 Å². The van der Waals surface area contributed by atoms with Crippen molar-refractivity contribution in [1.82, 2.24) is 9.71 Å². The summed E-state index contributed by atoms with van der Waals surface area (Å²) >= 11 is 0. The fourth-order valence-electron chi connectivity index (χ4n) is 2.72. The number of benzene rings is 2. The molecule has 0 fully saturated rings. The molecule has 0 radical (unpaired) electrons. The predicted octanol–water partition coefficient (Wildman–Crippen LogP) is 2.20. The van der Waals surface area contributed by atoms with Gasteiger partial charge in [-0.05, 0) is 35.6 Å². The SMILES string of the molecule is COc1ccc2cc(CCNS(=O)(=O)Cc3ccccc3)c(=O)[nH]c2c1. The van der Waals surface area contributed by atoms with Crippen molar-refractivity contribution in [3.63, 3.8) is 0 Å². The average molecular weight is 372 g/mol. The summed E-state index contributed by atoms with van der Waals surface area (Å²) in [5.74, 6) is 0.580. The number of hydrogen-bond donors (Lipinski definition) is 2. The second-order valence-electron chi connectivity index (χ2n) is 5.97. The van der Waals surface area contributed by atoms with Crippen molar-refractivity contribution < 1.29 is 13.2 Å². The van der Waals surface area contributed by atoms with Crippen LogP contribution < -0.4 is 15.0 Å². The van der Waals surface area contributed by atoms with E-state index in [0.29, 0.717) is 23.3 Å². The van der Waals surface area contributed by atoms with Crippen LogP contribution in [-0.4, -0.2) is 27.1 Å². The molecule has 0 bridgehead atoms. The van der Waals surface area contributed by atoms with E-state index in [-0.39, 0.29) is 17.9 Å². The van der Waals surface area contributed by atoms with Gasteiger partial charge in [0.05, 0.1) is 18.4 Å². The van der Waals surface area contributed by atoms with Crippen LogP contribution in [-0.2, 0) is 22.2 Å². The second kappa shape index (κ2) is 7.72. The molecule has 1 heterocycles. The van der Waals surface area contributed by atoms with Crippen LogP contribution in [0.15, 0.2) is 59.4 Å². The number of methoxy groups -OCH3 is 1. The number of aromatic amines is 1. The van der Waals surface area contributed by atoms with Gasteiger partial charge in [-0.1, -0.05) is 30.3 Å². The van der Waals surface area contributed by atoms with Gasteiger partial charge in [0.15, 0.2) is 0 Å². The van der Waals surface area contributed by atoms with Crippen LogP contribution in [0.1, 0.15) is 11.1 Å². The van der Waals surface area contributed by atoms with E-state index >= 15 is 0 Å². The Morgan fingerprint density at radius 2 is 1.85 bits per heavy atom. The summed E-state index contributed by atoms with van der Waals surface area (Å²) in [7, 11) is -1.88. The van der Waals surface area contributed by atoms with Gasteiger partial charge in [0.1, 0.15) is 5.75 Å². The topological polar surface area (TPSA) is 88.3 Å². The van der Waals surface area contributed by atoms with E-state index in [0.717, 1.165) is 10.9 Å². The molecular formula is C19H20N2O4S. The van der Waals surface area contributed by atoms with Crippen LogP contribution in [0.25, 0.3) is 10.9 Å². The van der Waals surface area contributed by atoms with E-state index in [1.807, 2.05) is 18.2 Å². The molecule has 136 valence electrons. The molecule has 0 unspecified atom stereocenters. The fourth-order valence-corrected chi connectivity index (χ4v) is 3.87. The van der Waals surface area contributed by atoms with Gasteiger partial charge in [-0.25, -0.2) is 13.1 Å². The zero-order valence-corrected chi connectivity index (χ0v) is 15.2. The molecule has 0 saturated carbocycles. The van der Waals surface area contributed by atoms with Crippen molar-refractivity contribution in [3.05, 3.63) is 76.1 Å². The molecule has 0 saturated heterocycles. The van der Waals surface area contributed by atoms with Crippen molar-refractivity contribution in [3.8, 4) is 5.75 Å². The van der Waals surface area contributed by atoms with E-state index in [4.69, 9.17) is 4.74 Å². The first-order valence-electron chi connectivity index (χ1n) is 8.18. The summed E-state index contributed by atoms with van der Waals surface area (Å²) in [4.78, 5) is 15.0. The van der Waals surface area contributed by atoms with E-state index in [9.17, 15) is 13.2 Å². The Balaban J connectivity index is 1.67. The van der Waals surface area contributed by atoms with E-state index < -0.39 is 10.0 Å². The molecule has 0 aliphatic rings. The number of aromatic nitrogens is 1. The standard InChI is InChI=1S/C19H20N2O4S/c1-25-17-8-7-15-11-16(19(22)21-18(15)12-17)9-10-20-26(23,24)13-14-5-3-2-4-6-14/h2-8,11-12,20H,9-10,13H2,1H3,(H,21,22). The fraction of sp³-hybridized carbons (Fsp3) is 0.211. The molecule has 6 nitrogen and oxygen atoms in total. The molecule has 0 atom stereocenters. The third-order valence-electron chi connectivity index (χ3n) is 4.05. The highest BCUT2D eigenvalue weighted by Crippen LogP contribution is 2.18. The summed E-state index contributed by atoms with van der Waals surface area (Å²) in [5.41, 5.74) is 1.71. The average Bonchev–Trinajstić information content (AvgIpc) is 2.62. The van der Waals surface area contributed by atoms with Gasteiger partial charge in [0.2, 0.25) is 10.0 Å². The van der Waals surface area contributed by atoms with Crippen molar-refractivity contribution >= 4 is 20.9 Å². The summed E-state index contributed by atoms with van der Waals surface area (Å²) in [6.45, 7) is 0.167. The van der Waals surface area contributed by atoms with Crippen LogP contribution in [0.3, 0.4) is 0 Å². The third-order valence-corrected chi connectivity index (χ3v) is 5.40. The van der Waals surface area contributed by atoms with Crippen molar-refractivity contribution in [2.45, 2.75) is 12.2 Å². The number of nitrogens with one attached hydrogen (secondary N) is 2. The van der Waals surface area contributed by atoms with Gasteiger partial charge in [0.25, 0.3) is 5.56 Å². The number of pyridine rings is 1. The lowest BCUT2D eigenvalue weighted by Gasteiger charge is -2.08. The molecule has 0 aliphatic heterocycles. The monoisotopic (exact) mass is 372 g/mol. The summed E-state index contributed by atoms with van der Waals surface area (Å²) < 4.78 is 32.0. The normalized spacial score (nSPS) is 11.6. The van der Waals surface area contributed by atoms with Gasteiger partial charge in [-0.3, -0.25) is 4.79 Å². The number of rotatable bonds is 7. The molecule has 2 N–H and O–H groups in total. The lowest BCUT2D eigenvalue weighted by atomic mass is 10.1. The van der Waals surface area contributed by atoms with Crippen LogP contribution in [0.5, 0.6) is 5.75 Å². The molecule has 3 aromatic rings. The Morgan fingerprint density at radius 1 is 1.08 bits per heavy atom. The molecule has 2 aromatic carbocycles. The highest BCUT2D eigenvalue weighted by molar-refractivity contribution is 7.88. The third kappa shape index (κ3) is 4.50. The van der Waals surface area contributed by atoms with Crippen LogP contribution in [0.2, 0.25) is 0 Å². The van der Waals surface area contributed by atoms with Gasteiger partial charge >= 0.3 is 0 Å². The first-order chi connectivity index (χ1) is 12.5. The minimum absolute atomic E-state index is 0.0816. The van der Waals surface area contributed by atoms with Gasteiger partial charge in [0, 0.05) is 18.2 Å². The number of ether oxygens (including phenoxy) is 1. The maximum Gasteiger partial charge on any atom is 0.251 e. The smallest absolute Gasteiger partial charge is 0.251 e.